The molecule has 0 saturated carbocycles. The summed E-state index contributed by atoms with van der Waals surface area (Å²) < 4.78 is 0. The van der Waals surface area contributed by atoms with Crippen LogP contribution in [0.5, 0.6) is 0 Å². The Morgan fingerprint density at radius 3 is 2.25 bits per heavy atom. The second-order valence-electron chi connectivity index (χ2n) is 6.92. The third-order valence-corrected chi connectivity index (χ3v) is 4.99. The number of hydrogen-bond acceptors (Lipinski definition) is 6. The van der Waals surface area contributed by atoms with Gasteiger partial charge < -0.3 is 15.1 Å². The molecule has 3 heterocycles. The maximum atomic E-state index is 4.71. The molecule has 1 fully saturated rings. The van der Waals surface area contributed by atoms with Gasteiger partial charge in [-0.15, -0.1) is 0 Å². The van der Waals surface area contributed by atoms with E-state index in [1.807, 2.05) is 30.6 Å². The van der Waals surface area contributed by atoms with Crippen molar-refractivity contribution in [2.45, 2.75) is 12.8 Å². The minimum atomic E-state index is 0.706. The van der Waals surface area contributed by atoms with Crippen LogP contribution in [0.3, 0.4) is 0 Å². The Kier molecular flexibility index (Phi) is 5.97. The van der Waals surface area contributed by atoms with Crippen molar-refractivity contribution in [3.8, 4) is 0 Å². The van der Waals surface area contributed by atoms with Crippen LogP contribution in [0.1, 0.15) is 12.0 Å². The standard InChI is InChI=1S/C22H26N6/c1-2-7-19(8-3-1)9-6-13-24-22-25-14-11-21(26-22)28-17-15-27(16-18-28)20-10-4-5-12-23-20/h1-5,7-8,10-12,14H,6,9,13,15-18H2,(H,24,25,26). The summed E-state index contributed by atoms with van der Waals surface area (Å²) in [6.45, 7) is 4.62. The van der Waals surface area contributed by atoms with E-state index in [0.29, 0.717) is 5.95 Å². The van der Waals surface area contributed by atoms with Crippen molar-refractivity contribution in [3.63, 3.8) is 0 Å². The monoisotopic (exact) mass is 374 g/mol. The summed E-state index contributed by atoms with van der Waals surface area (Å²) in [6, 6.07) is 18.6. The maximum Gasteiger partial charge on any atom is 0.224 e. The van der Waals surface area contributed by atoms with Crippen molar-refractivity contribution in [2.24, 2.45) is 0 Å². The Morgan fingerprint density at radius 2 is 1.50 bits per heavy atom. The number of piperazine rings is 1. The molecule has 0 radical (unpaired) electrons. The molecule has 1 aromatic carbocycles. The third-order valence-electron chi connectivity index (χ3n) is 4.99. The zero-order valence-electron chi connectivity index (χ0n) is 16.0. The van der Waals surface area contributed by atoms with Gasteiger partial charge in [0.05, 0.1) is 0 Å². The first kappa shape index (κ1) is 18.2. The zero-order valence-corrected chi connectivity index (χ0v) is 16.0. The first-order valence-electron chi connectivity index (χ1n) is 9.90. The van der Waals surface area contributed by atoms with Crippen molar-refractivity contribution >= 4 is 17.6 Å². The average molecular weight is 374 g/mol. The fraction of sp³-hybridized carbons (Fsp3) is 0.318. The van der Waals surface area contributed by atoms with Crippen molar-refractivity contribution < 1.29 is 0 Å². The van der Waals surface area contributed by atoms with Crippen molar-refractivity contribution in [3.05, 3.63) is 72.6 Å². The molecule has 144 valence electrons. The van der Waals surface area contributed by atoms with E-state index >= 15 is 0 Å². The predicted molar refractivity (Wildman–Crippen MR) is 114 cm³/mol. The SMILES string of the molecule is c1ccc(CCCNc2nccc(N3CCN(c4ccccn4)CC3)n2)cc1. The number of anilines is 3. The summed E-state index contributed by atoms with van der Waals surface area (Å²) in [5.41, 5.74) is 1.37. The highest BCUT2D eigenvalue weighted by atomic mass is 15.3. The Balaban J connectivity index is 1.27. The molecule has 0 aliphatic carbocycles. The zero-order chi connectivity index (χ0) is 19.0. The quantitative estimate of drug-likeness (QED) is 0.641. The lowest BCUT2D eigenvalue weighted by Crippen LogP contribution is -2.47. The van der Waals surface area contributed by atoms with Gasteiger partial charge in [0.15, 0.2) is 0 Å². The maximum absolute atomic E-state index is 4.71. The summed E-state index contributed by atoms with van der Waals surface area (Å²) in [4.78, 5) is 18.2. The molecule has 0 amide bonds. The van der Waals surface area contributed by atoms with Crippen molar-refractivity contribution in [1.82, 2.24) is 15.0 Å². The van der Waals surface area contributed by atoms with Gasteiger partial charge in [-0.3, -0.25) is 0 Å². The van der Waals surface area contributed by atoms with E-state index in [9.17, 15) is 0 Å². The molecule has 6 nitrogen and oxygen atoms in total. The Hall–Kier alpha value is -3.15. The molecule has 1 saturated heterocycles. The molecule has 3 aromatic rings. The van der Waals surface area contributed by atoms with Crippen LogP contribution in [-0.2, 0) is 6.42 Å². The Morgan fingerprint density at radius 1 is 0.750 bits per heavy atom. The van der Waals surface area contributed by atoms with Crippen LogP contribution in [-0.4, -0.2) is 47.7 Å². The van der Waals surface area contributed by atoms with Crippen LogP contribution >= 0.6 is 0 Å². The first-order valence-corrected chi connectivity index (χ1v) is 9.90. The van der Waals surface area contributed by atoms with E-state index in [0.717, 1.165) is 57.2 Å². The van der Waals surface area contributed by atoms with Crippen molar-refractivity contribution in [1.29, 1.82) is 0 Å². The van der Waals surface area contributed by atoms with Gasteiger partial charge in [0.1, 0.15) is 11.6 Å². The number of rotatable bonds is 7. The molecular formula is C22H26N6. The van der Waals surface area contributed by atoms with Gasteiger partial charge in [-0.05, 0) is 36.6 Å². The van der Waals surface area contributed by atoms with Crippen LogP contribution in [0.25, 0.3) is 0 Å². The molecule has 0 bridgehead atoms. The summed E-state index contributed by atoms with van der Waals surface area (Å²) in [5.74, 6) is 2.74. The third kappa shape index (κ3) is 4.76. The number of aryl methyl sites for hydroxylation is 1. The molecule has 28 heavy (non-hydrogen) atoms. The molecule has 1 aliphatic rings. The molecule has 0 spiro atoms. The van der Waals surface area contributed by atoms with Crippen LogP contribution in [0, 0.1) is 0 Å². The fourth-order valence-electron chi connectivity index (χ4n) is 3.45. The lowest BCUT2D eigenvalue weighted by molar-refractivity contribution is 0.641. The lowest BCUT2D eigenvalue weighted by Gasteiger charge is -2.36. The lowest BCUT2D eigenvalue weighted by atomic mass is 10.1. The van der Waals surface area contributed by atoms with Crippen LogP contribution in [0.4, 0.5) is 17.6 Å². The van der Waals surface area contributed by atoms with Gasteiger partial charge in [0.2, 0.25) is 5.95 Å². The van der Waals surface area contributed by atoms with E-state index in [1.54, 1.807) is 0 Å². The van der Waals surface area contributed by atoms with E-state index in [-0.39, 0.29) is 0 Å². The van der Waals surface area contributed by atoms with E-state index in [1.165, 1.54) is 5.56 Å². The molecule has 1 N–H and O–H groups in total. The van der Waals surface area contributed by atoms with E-state index in [2.05, 4.69) is 61.5 Å². The second kappa shape index (κ2) is 9.17. The first-order chi connectivity index (χ1) is 13.9. The molecule has 6 heteroatoms. The van der Waals surface area contributed by atoms with Crippen LogP contribution in [0.15, 0.2) is 67.0 Å². The number of aromatic nitrogens is 3. The highest BCUT2D eigenvalue weighted by molar-refractivity contribution is 5.46. The topological polar surface area (TPSA) is 57.2 Å². The van der Waals surface area contributed by atoms with E-state index < -0.39 is 0 Å². The minimum Gasteiger partial charge on any atom is -0.354 e. The summed E-state index contributed by atoms with van der Waals surface area (Å²) in [6.07, 6.45) is 5.80. The van der Waals surface area contributed by atoms with E-state index in [4.69, 9.17) is 4.98 Å². The highest BCUT2D eigenvalue weighted by Crippen LogP contribution is 2.18. The van der Waals surface area contributed by atoms with Crippen LogP contribution < -0.4 is 15.1 Å². The summed E-state index contributed by atoms with van der Waals surface area (Å²) >= 11 is 0. The smallest absolute Gasteiger partial charge is 0.224 e. The van der Waals surface area contributed by atoms with Gasteiger partial charge in [-0.25, -0.2) is 9.97 Å². The normalized spacial score (nSPS) is 14.1. The summed E-state index contributed by atoms with van der Waals surface area (Å²) in [5, 5.41) is 3.36. The van der Waals surface area contributed by atoms with Gasteiger partial charge in [-0.1, -0.05) is 36.4 Å². The number of benzene rings is 1. The van der Waals surface area contributed by atoms with Gasteiger partial charge in [0, 0.05) is 45.1 Å². The largest absolute Gasteiger partial charge is 0.354 e. The Labute approximate surface area is 166 Å². The molecule has 4 rings (SSSR count). The number of nitrogens with one attached hydrogen (secondary N) is 1. The molecule has 0 atom stereocenters. The number of pyridine rings is 1. The Bertz CT molecular complexity index is 847. The molecular weight excluding hydrogens is 348 g/mol. The highest BCUT2D eigenvalue weighted by Gasteiger charge is 2.19. The minimum absolute atomic E-state index is 0.706. The van der Waals surface area contributed by atoms with Gasteiger partial charge in [-0.2, -0.15) is 4.98 Å². The van der Waals surface area contributed by atoms with Crippen LogP contribution in [0.2, 0.25) is 0 Å². The molecule has 1 aliphatic heterocycles. The number of nitrogens with zero attached hydrogens (tertiary/aromatic N) is 5. The molecule has 0 unspecified atom stereocenters. The summed E-state index contributed by atoms with van der Waals surface area (Å²) in [7, 11) is 0. The number of hydrogen-bond donors (Lipinski definition) is 1. The second-order valence-corrected chi connectivity index (χ2v) is 6.92. The van der Waals surface area contributed by atoms with Crippen molar-refractivity contribution in [2.75, 3.05) is 47.8 Å². The van der Waals surface area contributed by atoms with Gasteiger partial charge >= 0.3 is 0 Å². The predicted octanol–water partition coefficient (Wildman–Crippen LogP) is 3.24. The average Bonchev–Trinajstić information content (AvgIpc) is 2.78. The molecule has 2 aromatic heterocycles. The fourth-order valence-corrected chi connectivity index (χ4v) is 3.45. The van der Waals surface area contributed by atoms with Gasteiger partial charge in [0.25, 0.3) is 0 Å².